The Morgan fingerprint density at radius 1 is 1.16 bits per heavy atom. The normalized spacial score (nSPS) is 11.8. The summed E-state index contributed by atoms with van der Waals surface area (Å²) in [7, 11) is 0. The molecule has 0 aliphatic carbocycles. The van der Waals surface area contributed by atoms with E-state index in [1.165, 1.54) is 0 Å². The molecule has 0 aliphatic rings. The van der Waals surface area contributed by atoms with E-state index in [2.05, 4.69) is 15.5 Å². The molecule has 1 heterocycles. The third kappa shape index (κ3) is 4.02. The van der Waals surface area contributed by atoms with E-state index in [1.54, 1.807) is 31.2 Å². The maximum Gasteiger partial charge on any atom is 0.338 e. The Balaban J connectivity index is 1.68. The smallest absolute Gasteiger partial charge is 0.338 e. The highest BCUT2D eigenvalue weighted by Crippen LogP contribution is 2.22. The zero-order chi connectivity index (χ0) is 17.6. The van der Waals surface area contributed by atoms with E-state index in [0.717, 1.165) is 5.56 Å². The Kier molecular flexibility index (Phi) is 5.06. The van der Waals surface area contributed by atoms with Crippen LogP contribution in [0.2, 0.25) is 0 Å². The molecule has 0 saturated heterocycles. The summed E-state index contributed by atoms with van der Waals surface area (Å²) in [5.74, 6) is -0.0418. The molecule has 0 bridgehead atoms. The molecule has 0 amide bonds. The van der Waals surface area contributed by atoms with Crippen LogP contribution in [0.1, 0.15) is 34.8 Å². The van der Waals surface area contributed by atoms with Crippen LogP contribution in [0.25, 0.3) is 0 Å². The first-order valence-corrected chi connectivity index (χ1v) is 7.85. The van der Waals surface area contributed by atoms with Gasteiger partial charge in [0.05, 0.1) is 12.2 Å². The van der Waals surface area contributed by atoms with Crippen molar-refractivity contribution in [1.82, 2.24) is 10.2 Å². The largest absolute Gasteiger partial charge is 0.462 e. The third-order valence-corrected chi connectivity index (χ3v) is 3.51. The molecule has 2 aromatic carbocycles. The molecule has 0 radical (unpaired) electrons. The van der Waals surface area contributed by atoms with Crippen molar-refractivity contribution in [3.8, 4) is 0 Å². The Morgan fingerprint density at radius 3 is 2.56 bits per heavy atom. The Labute approximate surface area is 144 Å². The van der Waals surface area contributed by atoms with Gasteiger partial charge < -0.3 is 20.2 Å². The average Bonchev–Trinajstić information content (AvgIpc) is 3.11. The fourth-order valence-electron chi connectivity index (χ4n) is 2.24. The Morgan fingerprint density at radius 2 is 1.88 bits per heavy atom. The van der Waals surface area contributed by atoms with E-state index in [9.17, 15) is 4.79 Å². The van der Waals surface area contributed by atoms with Gasteiger partial charge in [-0.05, 0) is 36.8 Å². The van der Waals surface area contributed by atoms with E-state index in [4.69, 9.17) is 14.9 Å². The monoisotopic (exact) mass is 338 g/mol. The van der Waals surface area contributed by atoms with Gasteiger partial charge in [0, 0.05) is 5.69 Å². The summed E-state index contributed by atoms with van der Waals surface area (Å²) in [4.78, 5) is 11.6. The minimum absolute atomic E-state index is 0.227. The third-order valence-electron chi connectivity index (χ3n) is 3.51. The number of rotatable bonds is 6. The molecular formula is C18H18N4O3. The Hall–Kier alpha value is -3.19. The first kappa shape index (κ1) is 16.7. The molecule has 3 aromatic rings. The lowest BCUT2D eigenvalue weighted by molar-refractivity contribution is 0.0526. The average molecular weight is 338 g/mol. The number of hydrogen-bond acceptors (Lipinski definition) is 7. The van der Waals surface area contributed by atoms with Crippen molar-refractivity contribution in [3.63, 3.8) is 0 Å². The van der Waals surface area contributed by atoms with Gasteiger partial charge in [0.25, 0.3) is 0 Å². The molecule has 128 valence electrons. The van der Waals surface area contributed by atoms with Crippen LogP contribution in [0.3, 0.4) is 0 Å². The molecule has 1 unspecified atom stereocenters. The van der Waals surface area contributed by atoms with Crippen LogP contribution in [0.15, 0.2) is 59.0 Å². The van der Waals surface area contributed by atoms with Gasteiger partial charge in [-0.15, -0.1) is 5.10 Å². The first-order valence-electron chi connectivity index (χ1n) is 7.85. The molecule has 25 heavy (non-hydrogen) atoms. The summed E-state index contributed by atoms with van der Waals surface area (Å²) in [6, 6.07) is 16.0. The number of nitrogens with two attached hydrogens (primary N) is 1. The van der Waals surface area contributed by atoms with Crippen LogP contribution >= 0.6 is 0 Å². The van der Waals surface area contributed by atoms with Crippen molar-refractivity contribution in [2.75, 3.05) is 11.9 Å². The maximum absolute atomic E-state index is 11.6. The molecule has 0 spiro atoms. The highest BCUT2D eigenvalue weighted by atomic mass is 16.5. The molecule has 7 nitrogen and oxygen atoms in total. The lowest BCUT2D eigenvalue weighted by atomic mass is 10.1. The first-order chi connectivity index (χ1) is 12.2. The van der Waals surface area contributed by atoms with Crippen LogP contribution in [0, 0.1) is 0 Å². The maximum atomic E-state index is 11.6. The van der Waals surface area contributed by atoms with E-state index in [-0.39, 0.29) is 12.0 Å². The van der Waals surface area contributed by atoms with Gasteiger partial charge in [-0.2, -0.15) is 0 Å². The summed E-state index contributed by atoms with van der Waals surface area (Å²) in [6.07, 6.45) is 0. The predicted octanol–water partition coefficient (Wildman–Crippen LogP) is 3.04. The van der Waals surface area contributed by atoms with E-state index in [0.29, 0.717) is 23.7 Å². The second-order valence-corrected chi connectivity index (χ2v) is 5.26. The van der Waals surface area contributed by atoms with Crippen LogP contribution < -0.4 is 11.1 Å². The van der Waals surface area contributed by atoms with Gasteiger partial charge in [0.1, 0.15) is 6.04 Å². The van der Waals surface area contributed by atoms with Crippen molar-refractivity contribution < 1.29 is 13.9 Å². The number of ether oxygens (including phenoxy) is 1. The van der Waals surface area contributed by atoms with Gasteiger partial charge in [-0.1, -0.05) is 35.4 Å². The SMILES string of the molecule is CCOC(=O)c1ccc(Nc2nnc(C(N)c3ccccc3)o2)cc1. The lowest BCUT2D eigenvalue weighted by Crippen LogP contribution is -2.11. The standard InChI is InChI=1S/C18H18N4O3/c1-2-24-17(23)13-8-10-14(11-9-13)20-18-22-21-16(25-18)15(19)12-6-4-3-5-7-12/h3-11,15H,2,19H2,1H3,(H,20,22). The van der Waals surface area contributed by atoms with Crippen molar-refractivity contribution in [2.45, 2.75) is 13.0 Å². The fraction of sp³-hybridized carbons (Fsp3) is 0.167. The summed E-state index contributed by atoms with van der Waals surface area (Å²) < 4.78 is 10.5. The minimum atomic E-state index is -0.490. The molecular weight excluding hydrogens is 320 g/mol. The van der Waals surface area contributed by atoms with Gasteiger partial charge in [-0.25, -0.2) is 4.79 Å². The molecule has 0 fully saturated rings. The number of nitrogens with one attached hydrogen (secondary N) is 1. The van der Waals surface area contributed by atoms with Crippen molar-refractivity contribution >= 4 is 17.7 Å². The van der Waals surface area contributed by atoms with E-state index >= 15 is 0 Å². The number of carbonyl (C=O) groups excluding carboxylic acids is 1. The lowest BCUT2D eigenvalue weighted by Gasteiger charge is -2.06. The molecule has 0 saturated carbocycles. The topological polar surface area (TPSA) is 103 Å². The van der Waals surface area contributed by atoms with Crippen LogP contribution in [0.5, 0.6) is 0 Å². The zero-order valence-corrected chi connectivity index (χ0v) is 13.7. The highest BCUT2D eigenvalue weighted by molar-refractivity contribution is 5.89. The number of aromatic nitrogens is 2. The number of nitrogens with zero attached hydrogens (tertiary/aromatic N) is 2. The molecule has 3 N–H and O–H groups in total. The van der Waals surface area contributed by atoms with E-state index in [1.807, 2.05) is 30.3 Å². The number of carbonyl (C=O) groups is 1. The van der Waals surface area contributed by atoms with Gasteiger partial charge in [0.2, 0.25) is 5.89 Å². The summed E-state index contributed by atoms with van der Waals surface area (Å²) in [6.45, 7) is 2.10. The minimum Gasteiger partial charge on any atom is -0.462 e. The molecule has 1 aromatic heterocycles. The van der Waals surface area contributed by atoms with Gasteiger partial charge in [0.15, 0.2) is 0 Å². The van der Waals surface area contributed by atoms with Crippen LogP contribution in [-0.2, 0) is 4.74 Å². The molecule has 3 rings (SSSR count). The summed E-state index contributed by atoms with van der Waals surface area (Å²) in [5, 5.41) is 10.9. The number of anilines is 2. The van der Waals surface area contributed by atoms with Crippen LogP contribution in [0.4, 0.5) is 11.7 Å². The molecule has 1 atom stereocenters. The zero-order valence-electron chi connectivity index (χ0n) is 13.7. The highest BCUT2D eigenvalue weighted by Gasteiger charge is 2.16. The van der Waals surface area contributed by atoms with Crippen molar-refractivity contribution in [3.05, 3.63) is 71.6 Å². The van der Waals surface area contributed by atoms with Crippen molar-refractivity contribution in [2.24, 2.45) is 5.73 Å². The van der Waals surface area contributed by atoms with E-state index < -0.39 is 6.04 Å². The van der Waals surface area contributed by atoms with Gasteiger partial charge in [-0.3, -0.25) is 0 Å². The molecule has 7 heteroatoms. The molecule has 0 aliphatic heterocycles. The second-order valence-electron chi connectivity index (χ2n) is 5.26. The predicted molar refractivity (Wildman–Crippen MR) is 92.5 cm³/mol. The fourth-order valence-corrected chi connectivity index (χ4v) is 2.24. The van der Waals surface area contributed by atoms with Crippen molar-refractivity contribution in [1.29, 1.82) is 0 Å². The van der Waals surface area contributed by atoms with Crippen LogP contribution in [-0.4, -0.2) is 22.8 Å². The van der Waals surface area contributed by atoms with Gasteiger partial charge >= 0.3 is 12.0 Å². The Bertz CT molecular complexity index is 831. The number of esters is 1. The summed E-state index contributed by atoms with van der Waals surface area (Å²) in [5.41, 5.74) is 8.20. The number of benzene rings is 2. The number of hydrogen-bond donors (Lipinski definition) is 2. The summed E-state index contributed by atoms with van der Waals surface area (Å²) >= 11 is 0. The second kappa shape index (κ2) is 7.59. The quantitative estimate of drug-likeness (QED) is 0.666.